The van der Waals surface area contributed by atoms with Crippen molar-refractivity contribution in [2.75, 3.05) is 63.5 Å². The number of hydrogen-bond donors (Lipinski definition) is 0. The molecule has 0 spiro atoms. The molecular weight excluding hydrogens is 831 g/mol. The van der Waals surface area contributed by atoms with Crippen LogP contribution < -0.4 is 24.0 Å². The van der Waals surface area contributed by atoms with Gasteiger partial charge >= 0.3 is 12.2 Å². The minimum Gasteiger partial charge on any atom is -0.497 e. The molecule has 0 N–H and O–H groups in total. The molecule has 62 heavy (non-hydrogen) atoms. The van der Waals surface area contributed by atoms with Crippen LogP contribution in [0.15, 0.2) is 54.6 Å². The zero-order chi connectivity index (χ0) is 43.3. The van der Waals surface area contributed by atoms with Crippen LogP contribution in [0, 0.1) is 12.7 Å². The third-order valence-electron chi connectivity index (χ3n) is 12.9. The molecule has 4 aliphatic heterocycles. The predicted octanol–water partition coefficient (Wildman–Crippen LogP) is 9.53. The third kappa shape index (κ3) is 7.96. The van der Waals surface area contributed by atoms with E-state index in [2.05, 4.69) is 14.8 Å². The summed E-state index contributed by atoms with van der Waals surface area (Å²) in [6.45, 7) is 4.41. The summed E-state index contributed by atoms with van der Waals surface area (Å²) in [7, 11) is 3.13. The molecule has 0 saturated carbocycles. The van der Waals surface area contributed by atoms with Crippen molar-refractivity contribution < 1.29 is 40.9 Å². The fourth-order valence-electron chi connectivity index (χ4n) is 9.84. The van der Waals surface area contributed by atoms with Crippen LogP contribution in [0.5, 0.6) is 17.5 Å². The van der Waals surface area contributed by atoms with E-state index < -0.39 is 40.5 Å². The highest BCUT2D eigenvalue weighted by atomic mass is 35.5. The number of methoxy groups -OCH3 is 2. The molecule has 10 nitrogen and oxygen atoms in total. The highest BCUT2D eigenvalue weighted by molar-refractivity contribution is 6.35. The Morgan fingerprint density at radius 1 is 0.952 bits per heavy atom. The van der Waals surface area contributed by atoms with Crippen LogP contribution in [0.3, 0.4) is 0 Å². The van der Waals surface area contributed by atoms with Crippen molar-refractivity contribution in [3.63, 3.8) is 0 Å². The van der Waals surface area contributed by atoms with Gasteiger partial charge in [-0.25, -0.2) is 13.8 Å². The first-order valence-electron chi connectivity index (χ1n) is 21.0. The molecule has 1 unspecified atom stereocenters. The lowest BCUT2D eigenvalue weighted by Gasteiger charge is -2.32. The summed E-state index contributed by atoms with van der Waals surface area (Å²) in [4.78, 5) is 20.2. The molecule has 5 aromatic rings. The number of ether oxygens (including phenoxy) is 4. The number of aromatic nitrogens is 3. The summed E-state index contributed by atoms with van der Waals surface area (Å²) in [5.41, 5.74) is -1.07. The zero-order valence-electron chi connectivity index (χ0n) is 34.8. The lowest BCUT2D eigenvalue weighted by molar-refractivity contribution is -0.137. The molecule has 4 aliphatic rings. The Hall–Kier alpha value is -4.99. The van der Waals surface area contributed by atoms with Crippen LogP contribution in [0.2, 0.25) is 5.02 Å². The molecular formula is C46H48ClF5N6O4. The van der Waals surface area contributed by atoms with Gasteiger partial charge in [-0.05, 0) is 98.2 Å². The number of rotatable bonds is 11. The molecule has 3 aromatic carbocycles. The number of halogens is 6. The monoisotopic (exact) mass is 878 g/mol. The Morgan fingerprint density at radius 2 is 1.65 bits per heavy atom. The second-order valence-electron chi connectivity index (χ2n) is 16.8. The second kappa shape index (κ2) is 16.9. The molecule has 3 fully saturated rings. The summed E-state index contributed by atoms with van der Waals surface area (Å²) >= 11 is 7.26. The summed E-state index contributed by atoms with van der Waals surface area (Å²) in [5, 5.41) is 0.138. The zero-order valence-corrected chi connectivity index (χ0v) is 35.6. The van der Waals surface area contributed by atoms with Crippen LogP contribution in [0.4, 0.5) is 33.6 Å². The summed E-state index contributed by atoms with van der Waals surface area (Å²) in [5.74, 6) is 0.793. The molecule has 0 bridgehead atoms. The van der Waals surface area contributed by atoms with Gasteiger partial charge in [-0.15, -0.1) is 0 Å². The average Bonchev–Trinajstić information content (AvgIpc) is 3.60. The van der Waals surface area contributed by atoms with Crippen molar-refractivity contribution in [1.82, 2.24) is 19.9 Å². The summed E-state index contributed by atoms with van der Waals surface area (Å²) in [6, 6.07) is 15.8. The van der Waals surface area contributed by atoms with Crippen LogP contribution in [0.1, 0.15) is 59.9 Å². The van der Waals surface area contributed by atoms with E-state index in [1.807, 2.05) is 29.2 Å². The number of hydrogen-bond acceptors (Lipinski definition) is 10. The molecule has 2 aromatic heterocycles. The van der Waals surface area contributed by atoms with Crippen molar-refractivity contribution in [3.8, 4) is 28.8 Å². The predicted molar refractivity (Wildman–Crippen MR) is 227 cm³/mol. The Morgan fingerprint density at radius 3 is 2.31 bits per heavy atom. The standard InChI is InChI=1S/C46H48ClF5N6O4/c1-27-20-35(56(22-28-6-11-32(59-2)12-7-28)23-29-8-13-33(60-3)14-9-29)53-41(38(27)46(50,51)52)37-39(47)34-15-10-31-25-61-19-5-18-58(31)43-36(34)42(40(37)49)54-44(55-43)62-26-45-16-4-17-57(45)24-30(48)21-45/h6-9,11-14,20,30-31H,4-5,10,15-19,21-26H2,1-3H3/t30-,31?,45+/m1/s1. The molecule has 0 aliphatic carbocycles. The highest BCUT2D eigenvalue weighted by Gasteiger charge is 2.49. The normalized spacial score (nSPS) is 21.3. The number of aryl methyl sites for hydroxylation is 2. The summed E-state index contributed by atoms with van der Waals surface area (Å²) < 4.78 is 102. The lowest BCUT2D eigenvalue weighted by atomic mass is 9.94. The van der Waals surface area contributed by atoms with Crippen molar-refractivity contribution in [2.45, 2.75) is 82.5 Å². The number of fused-ring (bicyclic) bond motifs is 3. The van der Waals surface area contributed by atoms with Gasteiger partial charge in [0, 0.05) is 39.2 Å². The maximum Gasteiger partial charge on any atom is 0.418 e. The van der Waals surface area contributed by atoms with Gasteiger partial charge in [-0.3, -0.25) is 4.90 Å². The third-order valence-corrected chi connectivity index (χ3v) is 13.3. The van der Waals surface area contributed by atoms with Gasteiger partial charge in [0.05, 0.1) is 59.6 Å². The van der Waals surface area contributed by atoms with E-state index in [4.69, 9.17) is 40.5 Å². The van der Waals surface area contributed by atoms with Crippen molar-refractivity contribution in [3.05, 3.63) is 93.3 Å². The first-order valence-corrected chi connectivity index (χ1v) is 21.4. The average molecular weight is 879 g/mol. The highest BCUT2D eigenvalue weighted by Crippen LogP contribution is 2.49. The van der Waals surface area contributed by atoms with Gasteiger partial charge < -0.3 is 28.7 Å². The van der Waals surface area contributed by atoms with E-state index in [0.717, 1.165) is 30.5 Å². The van der Waals surface area contributed by atoms with E-state index >= 15 is 17.6 Å². The van der Waals surface area contributed by atoms with Gasteiger partial charge in [0.15, 0.2) is 5.82 Å². The van der Waals surface area contributed by atoms with Crippen LogP contribution >= 0.6 is 11.6 Å². The van der Waals surface area contributed by atoms with Gasteiger partial charge in [-0.1, -0.05) is 35.9 Å². The van der Waals surface area contributed by atoms with E-state index in [0.29, 0.717) is 80.3 Å². The number of nitrogens with zero attached hydrogens (tertiary/aromatic N) is 6. The topological polar surface area (TPSA) is 85.3 Å². The molecule has 328 valence electrons. The molecule has 3 saturated heterocycles. The van der Waals surface area contributed by atoms with Gasteiger partial charge in [0.2, 0.25) is 0 Å². The Bertz CT molecular complexity index is 2410. The van der Waals surface area contributed by atoms with Gasteiger partial charge in [-0.2, -0.15) is 23.1 Å². The van der Waals surface area contributed by atoms with Gasteiger partial charge in [0.25, 0.3) is 0 Å². The quantitative estimate of drug-likeness (QED) is 0.120. The van der Waals surface area contributed by atoms with E-state index in [1.54, 1.807) is 38.5 Å². The largest absolute Gasteiger partial charge is 0.497 e. The number of alkyl halides is 4. The summed E-state index contributed by atoms with van der Waals surface area (Å²) in [6.07, 6.45) is -2.54. The number of pyridine rings is 1. The number of benzene rings is 3. The van der Waals surface area contributed by atoms with E-state index in [-0.39, 0.29) is 53.7 Å². The van der Waals surface area contributed by atoms with Crippen LogP contribution in [-0.4, -0.2) is 91.3 Å². The van der Waals surface area contributed by atoms with Crippen LogP contribution in [0.25, 0.3) is 22.2 Å². The first-order chi connectivity index (χ1) is 29.9. The minimum atomic E-state index is -4.94. The molecule has 9 rings (SSSR count). The molecule has 16 heteroatoms. The maximum atomic E-state index is 17.9. The fourth-order valence-corrected chi connectivity index (χ4v) is 10.2. The lowest BCUT2D eigenvalue weighted by Crippen LogP contribution is -2.43. The SMILES string of the molecule is COc1ccc(CN(Cc2ccc(OC)cc2)c2cc(C)c(C(F)(F)F)c(-c3c(Cl)c4c5c(nc(OC[C@@]67CCCN6C[C@H](F)C7)nc5c3F)N3CCCOCC3CC4)n2)cc1. The van der Waals surface area contributed by atoms with Crippen molar-refractivity contribution >= 4 is 34.1 Å². The molecule has 0 amide bonds. The minimum absolute atomic E-state index is 0.0824. The van der Waals surface area contributed by atoms with Crippen LogP contribution in [-0.2, 0) is 30.4 Å². The molecule has 3 atom stereocenters. The van der Waals surface area contributed by atoms with E-state index in [9.17, 15) is 4.39 Å². The number of anilines is 2. The Kier molecular flexibility index (Phi) is 11.6. The van der Waals surface area contributed by atoms with Gasteiger partial charge in [0.1, 0.15) is 41.4 Å². The fraction of sp³-hybridized carbons (Fsp3) is 0.457. The van der Waals surface area contributed by atoms with Crippen molar-refractivity contribution in [1.29, 1.82) is 0 Å². The van der Waals surface area contributed by atoms with E-state index in [1.165, 1.54) is 13.0 Å². The maximum absolute atomic E-state index is 17.9. The Labute approximate surface area is 361 Å². The van der Waals surface area contributed by atoms with Crippen molar-refractivity contribution in [2.24, 2.45) is 0 Å². The second-order valence-corrected chi connectivity index (χ2v) is 17.2. The molecule has 6 heterocycles. The Balaban J connectivity index is 1.22. The smallest absolute Gasteiger partial charge is 0.418 e. The first kappa shape index (κ1) is 42.3. The molecule has 0 radical (unpaired) electrons.